The molecule has 1 aromatic carbocycles. The van der Waals surface area contributed by atoms with Crippen LogP contribution in [0.1, 0.15) is 25.8 Å². The zero-order valence-electron chi connectivity index (χ0n) is 11.7. The van der Waals surface area contributed by atoms with E-state index in [4.69, 9.17) is 5.73 Å². The van der Waals surface area contributed by atoms with Crippen molar-refractivity contribution in [1.29, 1.82) is 0 Å². The fourth-order valence-electron chi connectivity index (χ4n) is 2.83. The Morgan fingerprint density at radius 2 is 1.94 bits per heavy atom. The van der Waals surface area contributed by atoms with Gasteiger partial charge in [-0.2, -0.15) is 0 Å². The van der Waals surface area contributed by atoms with Gasteiger partial charge in [0.05, 0.1) is 0 Å². The molecule has 0 radical (unpaired) electrons. The minimum absolute atomic E-state index is 0.257. The highest BCUT2D eigenvalue weighted by molar-refractivity contribution is 5.15. The first-order valence-electron chi connectivity index (χ1n) is 7.17. The fraction of sp³-hybridized carbons (Fsp3) is 0.625. The van der Waals surface area contributed by atoms with Gasteiger partial charge in [-0.15, -0.1) is 0 Å². The Kier molecular flexibility index (Phi) is 4.79. The van der Waals surface area contributed by atoms with Gasteiger partial charge in [0.1, 0.15) is 0 Å². The summed E-state index contributed by atoms with van der Waals surface area (Å²) in [5, 5.41) is 0. The average molecular weight is 246 g/mol. The van der Waals surface area contributed by atoms with Gasteiger partial charge >= 0.3 is 0 Å². The zero-order chi connectivity index (χ0) is 13.0. The van der Waals surface area contributed by atoms with E-state index in [-0.39, 0.29) is 6.04 Å². The number of likely N-dealkylation sites (tertiary alicyclic amines) is 1. The van der Waals surface area contributed by atoms with Gasteiger partial charge in [-0.25, -0.2) is 0 Å². The van der Waals surface area contributed by atoms with Gasteiger partial charge in [-0.05, 0) is 36.8 Å². The van der Waals surface area contributed by atoms with Crippen LogP contribution in [0.4, 0.5) is 0 Å². The third-order valence-electron chi connectivity index (χ3n) is 4.25. The first-order valence-corrected chi connectivity index (χ1v) is 7.17. The molecule has 0 aliphatic carbocycles. The van der Waals surface area contributed by atoms with E-state index >= 15 is 0 Å². The molecular weight excluding hydrogens is 220 g/mol. The van der Waals surface area contributed by atoms with E-state index < -0.39 is 0 Å². The lowest BCUT2D eigenvalue weighted by Crippen LogP contribution is -2.45. The van der Waals surface area contributed by atoms with Crippen molar-refractivity contribution < 1.29 is 0 Å². The topological polar surface area (TPSA) is 29.3 Å². The second-order valence-corrected chi connectivity index (χ2v) is 5.95. The molecule has 100 valence electrons. The molecule has 3 unspecified atom stereocenters. The second-order valence-electron chi connectivity index (χ2n) is 5.95. The van der Waals surface area contributed by atoms with Crippen molar-refractivity contribution in [3.8, 4) is 0 Å². The van der Waals surface area contributed by atoms with Crippen molar-refractivity contribution in [3.05, 3.63) is 35.9 Å². The molecule has 1 heterocycles. The van der Waals surface area contributed by atoms with Crippen LogP contribution in [0, 0.1) is 11.8 Å². The van der Waals surface area contributed by atoms with Crippen molar-refractivity contribution in [3.63, 3.8) is 0 Å². The number of rotatable bonds is 4. The molecule has 1 aliphatic heterocycles. The monoisotopic (exact) mass is 246 g/mol. The molecule has 18 heavy (non-hydrogen) atoms. The van der Waals surface area contributed by atoms with Crippen LogP contribution < -0.4 is 5.73 Å². The number of nitrogens with zero attached hydrogens (tertiary/aromatic N) is 1. The van der Waals surface area contributed by atoms with Crippen LogP contribution in [0.25, 0.3) is 0 Å². The first-order chi connectivity index (χ1) is 8.65. The van der Waals surface area contributed by atoms with Gasteiger partial charge in [0.2, 0.25) is 0 Å². The highest BCUT2D eigenvalue weighted by Gasteiger charge is 2.23. The lowest BCUT2D eigenvalue weighted by molar-refractivity contribution is 0.132. The molecule has 3 atom stereocenters. The summed E-state index contributed by atoms with van der Waals surface area (Å²) in [6.07, 6.45) is 2.31. The zero-order valence-corrected chi connectivity index (χ0v) is 11.7. The maximum absolute atomic E-state index is 6.27. The summed E-state index contributed by atoms with van der Waals surface area (Å²) in [6, 6.07) is 10.8. The minimum atomic E-state index is 0.257. The van der Waals surface area contributed by atoms with E-state index in [1.807, 2.05) is 0 Å². The molecule has 0 amide bonds. The predicted octanol–water partition coefficient (Wildman–Crippen LogP) is 2.53. The van der Waals surface area contributed by atoms with E-state index in [1.165, 1.54) is 25.1 Å². The van der Waals surface area contributed by atoms with E-state index in [9.17, 15) is 0 Å². The largest absolute Gasteiger partial charge is 0.326 e. The Morgan fingerprint density at radius 3 is 2.61 bits per heavy atom. The van der Waals surface area contributed by atoms with E-state index in [1.54, 1.807) is 0 Å². The Hall–Kier alpha value is -0.860. The van der Waals surface area contributed by atoms with Gasteiger partial charge in [0, 0.05) is 19.1 Å². The summed E-state index contributed by atoms with van der Waals surface area (Å²) in [4.78, 5) is 2.54. The van der Waals surface area contributed by atoms with Crippen molar-refractivity contribution in [2.45, 2.75) is 32.7 Å². The molecule has 1 fully saturated rings. The molecule has 0 aromatic heterocycles. The van der Waals surface area contributed by atoms with Gasteiger partial charge < -0.3 is 10.6 Å². The minimum Gasteiger partial charge on any atom is -0.326 e. The van der Waals surface area contributed by atoms with Crippen molar-refractivity contribution in [2.75, 3.05) is 19.6 Å². The molecular formula is C16H26N2. The lowest BCUT2D eigenvalue weighted by Gasteiger charge is -2.36. The summed E-state index contributed by atoms with van der Waals surface area (Å²) in [7, 11) is 0. The lowest BCUT2D eigenvalue weighted by atomic mass is 9.88. The molecule has 2 rings (SSSR count). The summed E-state index contributed by atoms with van der Waals surface area (Å²) < 4.78 is 0. The smallest absolute Gasteiger partial charge is 0.0208 e. The van der Waals surface area contributed by atoms with E-state index in [2.05, 4.69) is 49.1 Å². The molecule has 0 spiro atoms. The first kappa shape index (κ1) is 13.6. The Balaban J connectivity index is 1.79. The number of benzene rings is 1. The summed E-state index contributed by atoms with van der Waals surface area (Å²) in [5.74, 6) is 1.68. The van der Waals surface area contributed by atoms with Gasteiger partial charge in [-0.1, -0.05) is 44.2 Å². The standard InChI is InChI=1S/C16H26N2/c1-13-8-9-18(11-14(13)2)12-16(17)10-15-6-4-3-5-7-15/h3-7,13-14,16H,8-12,17H2,1-2H3. The van der Waals surface area contributed by atoms with Crippen LogP contribution in [0.3, 0.4) is 0 Å². The van der Waals surface area contributed by atoms with Crippen LogP contribution >= 0.6 is 0 Å². The summed E-state index contributed by atoms with van der Waals surface area (Å²) in [5.41, 5.74) is 7.63. The molecule has 0 saturated carbocycles. The van der Waals surface area contributed by atoms with Crippen LogP contribution in [-0.4, -0.2) is 30.6 Å². The van der Waals surface area contributed by atoms with Crippen molar-refractivity contribution in [1.82, 2.24) is 4.90 Å². The average Bonchev–Trinajstić information content (AvgIpc) is 2.35. The van der Waals surface area contributed by atoms with Crippen LogP contribution in [0.15, 0.2) is 30.3 Å². The maximum atomic E-state index is 6.27. The molecule has 1 aliphatic rings. The third kappa shape index (κ3) is 3.82. The predicted molar refractivity (Wildman–Crippen MR) is 77.5 cm³/mol. The Labute approximate surface area is 111 Å². The Morgan fingerprint density at radius 1 is 1.22 bits per heavy atom. The number of hydrogen-bond donors (Lipinski definition) is 1. The van der Waals surface area contributed by atoms with Crippen LogP contribution in [0.2, 0.25) is 0 Å². The number of hydrogen-bond acceptors (Lipinski definition) is 2. The number of piperidine rings is 1. The molecule has 2 nitrogen and oxygen atoms in total. The molecule has 0 bridgehead atoms. The highest BCUT2D eigenvalue weighted by Crippen LogP contribution is 2.22. The normalized spacial score (nSPS) is 27.1. The van der Waals surface area contributed by atoms with Crippen LogP contribution in [0.5, 0.6) is 0 Å². The van der Waals surface area contributed by atoms with Crippen LogP contribution in [-0.2, 0) is 6.42 Å². The van der Waals surface area contributed by atoms with Crippen molar-refractivity contribution >= 4 is 0 Å². The molecule has 1 aromatic rings. The molecule has 2 heteroatoms. The quantitative estimate of drug-likeness (QED) is 0.884. The fourth-order valence-corrected chi connectivity index (χ4v) is 2.83. The maximum Gasteiger partial charge on any atom is 0.0208 e. The third-order valence-corrected chi connectivity index (χ3v) is 4.25. The van der Waals surface area contributed by atoms with Gasteiger partial charge in [0.25, 0.3) is 0 Å². The molecule has 2 N–H and O–H groups in total. The SMILES string of the molecule is CC1CCN(CC(N)Cc2ccccc2)CC1C. The van der Waals surface area contributed by atoms with Gasteiger partial charge in [0.15, 0.2) is 0 Å². The van der Waals surface area contributed by atoms with E-state index in [0.29, 0.717) is 0 Å². The Bertz CT molecular complexity index is 349. The van der Waals surface area contributed by atoms with Crippen molar-refractivity contribution in [2.24, 2.45) is 17.6 Å². The second kappa shape index (κ2) is 6.35. The molecule has 1 saturated heterocycles. The summed E-state index contributed by atoms with van der Waals surface area (Å²) >= 11 is 0. The summed E-state index contributed by atoms with van der Waals surface area (Å²) in [6.45, 7) is 8.19. The van der Waals surface area contributed by atoms with E-state index in [0.717, 1.165) is 24.8 Å². The highest BCUT2D eigenvalue weighted by atomic mass is 15.1. The van der Waals surface area contributed by atoms with Gasteiger partial charge in [-0.3, -0.25) is 0 Å². The number of nitrogens with two attached hydrogens (primary N) is 1.